The average Bonchev–Trinajstić information content (AvgIpc) is 2.93. The van der Waals surface area contributed by atoms with Gasteiger partial charge >= 0.3 is 0 Å². The summed E-state index contributed by atoms with van der Waals surface area (Å²) in [6.45, 7) is 14.1. The Kier molecular flexibility index (Phi) is 6.37. The Balaban J connectivity index is 1.95. The lowest BCUT2D eigenvalue weighted by Crippen LogP contribution is -2.22. The topological polar surface area (TPSA) is 0 Å². The van der Waals surface area contributed by atoms with Crippen LogP contribution in [0.1, 0.15) is 108 Å². The quantitative estimate of drug-likeness (QED) is 0.384. The molecule has 152 valence electrons. The number of aryl methyl sites for hydroxylation is 1. The van der Waals surface area contributed by atoms with Crippen LogP contribution in [0, 0.1) is 6.92 Å². The van der Waals surface area contributed by atoms with Crippen LogP contribution in [-0.4, -0.2) is 0 Å². The molecule has 2 aromatic rings. The normalized spacial score (nSPS) is 18.2. The van der Waals surface area contributed by atoms with Crippen molar-refractivity contribution in [1.29, 1.82) is 0 Å². The molecule has 0 N–H and O–H groups in total. The van der Waals surface area contributed by atoms with Gasteiger partial charge in [0, 0.05) is 5.41 Å². The second kappa shape index (κ2) is 8.44. The zero-order chi connectivity index (χ0) is 20.4. The van der Waals surface area contributed by atoms with Gasteiger partial charge in [-0.3, -0.25) is 0 Å². The van der Waals surface area contributed by atoms with Crippen molar-refractivity contribution >= 4 is 0 Å². The number of hydrogen-bond acceptors (Lipinski definition) is 0. The molecule has 0 radical (unpaired) electrons. The molecular weight excluding hydrogens is 336 g/mol. The molecule has 1 aliphatic rings. The lowest BCUT2D eigenvalue weighted by molar-refractivity contribution is 0.475. The third-order valence-electron chi connectivity index (χ3n) is 7.37. The van der Waals surface area contributed by atoms with E-state index in [2.05, 4.69) is 77.9 Å². The Hall–Kier alpha value is -1.56. The second-order valence-corrected chi connectivity index (χ2v) is 9.90. The molecule has 28 heavy (non-hydrogen) atoms. The Morgan fingerprint density at radius 2 is 1.39 bits per heavy atom. The summed E-state index contributed by atoms with van der Waals surface area (Å²) >= 11 is 0. The van der Waals surface area contributed by atoms with E-state index < -0.39 is 0 Å². The van der Waals surface area contributed by atoms with Gasteiger partial charge in [-0.05, 0) is 53.0 Å². The monoisotopic (exact) mass is 376 g/mol. The van der Waals surface area contributed by atoms with Crippen molar-refractivity contribution in [3.63, 3.8) is 0 Å². The number of rotatable bonds is 9. The molecule has 0 heterocycles. The fourth-order valence-corrected chi connectivity index (χ4v) is 4.88. The standard InChI is InChI=1S/C28H40/c1-7-9-10-11-12-13-18-28(6)25-19-21(3)14-16-23(25)24-17-15-22(20-26(24)28)27(4,5)8-2/h14-17,19-20H,7-13,18H2,1-6H3. The van der Waals surface area contributed by atoms with Crippen LogP contribution in [0.25, 0.3) is 11.1 Å². The molecule has 0 fully saturated rings. The number of unbranched alkanes of at least 4 members (excludes halogenated alkanes) is 5. The van der Waals surface area contributed by atoms with Crippen LogP contribution < -0.4 is 0 Å². The van der Waals surface area contributed by atoms with E-state index in [0.717, 1.165) is 0 Å². The van der Waals surface area contributed by atoms with E-state index in [-0.39, 0.29) is 10.8 Å². The predicted octanol–water partition coefficient (Wildman–Crippen LogP) is 8.72. The Morgan fingerprint density at radius 3 is 2.07 bits per heavy atom. The second-order valence-electron chi connectivity index (χ2n) is 9.90. The molecule has 3 rings (SSSR count). The van der Waals surface area contributed by atoms with Crippen molar-refractivity contribution in [2.75, 3.05) is 0 Å². The van der Waals surface area contributed by atoms with Gasteiger partial charge in [-0.2, -0.15) is 0 Å². The molecule has 2 aromatic carbocycles. The molecule has 0 aromatic heterocycles. The zero-order valence-corrected chi connectivity index (χ0v) is 19.1. The maximum atomic E-state index is 2.55. The SMILES string of the molecule is CCCCCCCCC1(C)c2cc(C)ccc2-c2ccc(C(C)(C)CC)cc21. The van der Waals surface area contributed by atoms with Crippen molar-refractivity contribution in [2.45, 2.75) is 104 Å². The van der Waals surface area contributed by atoms with Gasteiger partial charge in [-0.25, -0.2) is 0 Å². The van der Waals surface area contributed by atoms with Crippen LogP contribution in [0.2, 0.25) is 0 Å². The van der Waals surface area contributed by atoms with Gasteiger partial charge in [-0.15, -0.1) is 0 Å². The summed E-state index contributed by atoms with van der Waals surface area (Å²) in [6, 6.07) is 14.4. The largest absolute Gasteiger partial charge is 0.0654 e. The Bertz CT molecular complexity index is 811. The van der Waals surface area contributed by atoms with E-state index >= 15 is 0 Å². The minimum absolute atomic E-state index is 0.154. The van der Waals surface area contributed by atoms with Gasteiger partial charge in [0.2, 0.25) is 0 Å². The average molecular weight is 377 g/mol. The summed E-state index contributed by atoms with van der Waals surface area (Å²) in [5.74, 6) is 0. The first-order valence-electron chi connectivity index (χ1n) is 11.6. The highest BCUT2D eigenvalue weighted by Crippen LogP contribution is 2.52. The fraction of sp³-hybridized carbons (Fsp3) is 0.571. The Labute approximate surface area is 173 Å². The number of fused-ring (bicyclic) bond motifs is 3. The van der Waals surface area contributed by atoms with Crippen LogP contribution in [-0.2, 0) is 10.8 Å². The molecule has 0 amide bonds. The minimum atomic E-state index is 0.154. The highest BCUT2D eigenvalue weighted by molar-refractivity contribution is 5.81. The van der Waals surface area contributed by atoms with Crippen LogP contribution in [0.5, 0.6) is 0 Å². The smallest absolute Gasteiger partial charge is 0.0187 e. The predicted molar refractivity (Wildman–Crippen MR) is 124 cm³/mol. The molecule has 1 unspecified atom stereocenters. The third kappa shape index (κ3) is 3.93. The lowest BCUT2D eigenvalue weighted by Gasteiger charge is -2.30. The van der Waals surface area contributed by atoms with Crippen molar-refractivity contribution in [3.8, 4) is 11.1 Å². The van der Waals surface area contributed by atoms with Crippen molar-refractivity contribution in [3.05, 3.63) is 58.7 Å². The van der Waals surface area contributed by atoms with Gasteiger partial charge in [-0.1, -0.05) is 115 Å². The summed E-state index contributed by atoms with van der Waals surface area (Å²) in [5, 5.41) is 0. The summed E-state index contributed by atoms with van der Waals surface area (Å²) < 4.78 is 0. The molecule has 1 aliphatic carbocycles. The van der Waals surface area contributed by atoms with Gasteiger partial charge in [0.25, 0.3) is 0 Å². The molecule has 0 aliphatic heterocycles. The Morgan fingerprint density at radius 1 is 0.786 bits per heavy atom. The van der Waals surface area contributed by atoms with E-state index in [1.807, 2.05) is 0 Å². The van der Waals surface area contributed by atoms with Crippen LogP contribution in [0.15, 0.2) is 36.4 Å². The van der Waals surface area contributed by atoms with Crippen LogP contribution in [0.4, 0.5) is 0 Å². The van der Waals surface area contributed by atoms with Crippen molar-refractivity contribution < 1.29 is 0 Å². The number of benzene rings is 2. The fourth-order valence-electron chi connectivity index (χ4n) is 4.88. The number of hydrogen-bond donors (Lipinski definition) is 0. The summed E-state index contributed by atoms with van der Waals surface area (Å²) in [7, 11) is 0. The molecule has 0 heteroatoms. The van der Waals surface area contributed by atoms with Gasteiger partial charge in [0.15, 0.2) is 0 Å². The molecule has 0 bridgehead atoms. The van der Waals surface area contributed by atoms with E-state index in [9.17, 15) is 0 Å². The lowest BCUT2D eigenvalue weighted by atomic mass is 9.73. The van der Waals surface area contributed by atoms with E-state index in [1.165, 1.54) is 73.6 Å². The summed E-state index contributed by atoms with van der Waals surface area (Å²) in [6.07, 6.45) is 10.6. The maximum Gasteiger partial charge on any atom is 0.0187 e. The minimum Gasteiger partial charge on any atom is -0.0654 e. The third-order valence-corrected chi connectivity index (χ3v) is 7.37. The van der Waals surface area contributed by atoms with E-state index in [0.29, 0.717) is 0 Å². The summed E-state index contributed by atoms with van der Waals surface area (Å²) in [4.78, 5) is 0. The van der Waals surface area contributed by atoms with Gasteiger partial charge in [0.1, 0.15) is 0 Å². The van der Waals surface area contributed by atoms with E-state index in [1.54, 1.807) is 11.1 Å². The molecule has 0 saturated heterocycles. The van der Waals surface area contributed by atoms with Crippen molar-refractivity contribution in [2.24, 2.45) is 0 Å². The highest BCUT2D eigenvalue weighted by atomic mass is 14.4. The van der Waals surface area contributed by atoms with E-state index in [4.69, 9.17) is 0 Å². The molecule has 0 saturated carbocycles. The van der Waals surface area contributed by atoms with Gasteiger partial charge in [0.05, 0.1) is 0 Å². The zero-order valence-electron chi connectivity index (χ0n) is 19.1. The molecule has 1 atom stereocenters. The summed E-state index contributed by atoms with van der Waals surface area (Å²) in [5.41, 5.74) is 9.33. The first kappa shape index (κ1) is 21.2. The molecule has 0 nitrogen and oxygen atoms in total. The van der Waals surface area contributed by atoms with Crippen LogP contribution in [0.3, 0.4) is 0 Å². The highest BCUT2D eigenvalue weighted by Gasteiger charge is 2.39. The van der Waals surface area contributed by atoms with Crippen molar-refractivity contribution in [1.82, 2.24) is 0 Å². The van der Waals surface area contributed by atoms with Gasteiger partial charge < -0.3 is 0 Å². The molecular formula is C28H40. The molecule has 0 spiro atoms. The maximum absolute atomic E-state index is 2.55. The first-order chi connectivity index (χ1) is 13.3. The van der Waals surface area contributed by atoms with Crippen LogP contribution >= 0.6 is 0 Å². The first-order valence-corrected chi connectivity index (χ1v) is 11.6.